The molecule has 2 rings (SSSR count). The second kappa shape index (κ2) is 5.14. The Morgan fingerprint density at radius 3 is 2.53 bits per heavy atom. The van der Waals surface area contributed by atoms with E-state index in [9.17, 15) is 4.79 Å². The van der Waals surface area contributed by atoms with Gasteiger partial charge in [-0.1, -0.05) is 41.6 Å². The van der Waals surface area contributed by atoms with Crippen LogP contribution in [0.2, 0.25) is 0 Å². The molecule has 1 aromatic carbocycles. The van der Waals surface area contributed by atoms with Gasteiger partial charge in [0.05, 0.1) is 0 Å². The number of H-pyrrole nitrogens is 1. The zero-order valence-corrected chi connectivity index (χ0v) is 10.5. The predicted molar refractivity (Wildman–Crippen MR) is 68.1 cm³/mol. The predicted octanol–water partition coefficient (Wildman–Crippen LogP) is 2.07. The van der Waals surface area contributed by atoms with Crippen LogP contribution in [0.1, 0.15) is 16.8 Å². The Hall–Kier alpha value is -1.62. The average molecular weight is 247 g/mol. The molecule has 1 N–H and O–H groups in total. The van der Waals surface area contributed by atoms with Crippen LogP contribution in [0.25, 0.3) is 0 Å². The lowest BCUT2D eigenvalue weighted by Gasteiger charge is -2.01. The van der Waals surface area contributed by atoms with Gasteiger partial charge in [0.2, 0.25) is 0 Å². The maximum Gasteiger partial charge on any atom is 0.273 e. The number of rotatable bonds is 3. The second-order valence-corrected chi connectivity index (χ2v) is 4.78. The molecule has 0 radical (unpaired) electrons. The summed E-state index contributed by atoms with van der Waals surface area (Å²) in [6.45, 7) is 3.69. The number of hydrogen-bond donors (Lipinski definition) is 1. The molecule has 17 heavy (non-hydrogen) atoms. The fraction of sp³-hybridized carbons (Fsp3) is 0.250. The Morgan fingerprint density at radius 2 is 1.88 bits per heavy atom. The molecule has 1 aromatic heterocycles. The summed E-state index contributed by atoms with van der Waals surface area (Å²) in [5.41, 5.74) is 2.65. The SMILES string of the molecule is Cc1ccc(CSc2nnc(C)c(=O)[nH]2)cc1. The van der Waals surface area contributed by atoms with Crippen molar-refractivity contribution in [2.24, 2.45) is 0 Å². The Morgan fingerprint density at radius 1 is 1.18 bits per heavy atom. The third-order valence-corrected chi connectivity index (χ3v) is 3.27. The van der Waals surface area contributed by atoms with Gasteiger partial charge in [-0.25, -0.2) is 0 Å². The van der Waals surface area contributed by atoms with E-state index in [1.165, 1.54) is 22.9 Å². The summed E-state index contributed by atoms with van der Waals surface area (Å²) in [6, 6.07) is 8.28. The number of benzene rings is 1. The van der Waals surface area contributed by atoms with Crippen LogP contribution in [0.15, 0.2) is 34.2 Å². The second-order valence-electron chi connectivity index (χ2n) is 3.82. The number of hydrogen-bond acceptors (Lipinski definition) is 4. The lowest BCUT2D eigenvalue weighted by Crippen LogP contribution is -2.14. The quantitative estimate of drug-likeness (QED) is 0.844. The summed E-state index contributed by atoms with van der Waals surface area (Å²) >= 11 is 1.47. The number of thioether (sulfide) groups is 1. The molecule has 0 fully saturated rings. The van der Waals surface area contributed by atoms with Gasteiger partial charge in [0.25, 0.3) is 5.56 Å². The fourth-order valence-corrected chi connectivity index (χ4v) is 2.04. The van der Waals surface area contributed by atoms with Crippen LogP contribution in [0.3, 0.4) is 0 Å². The molecule has 0 atom stereocenters. The first-order valence-corrected chi connectivity index (χ1v) is 6.25. The third-order valence-electron chi connectivity index (χ3n) is 2.34. The third kappa shape index (κ3) is 3.17. The number of aryl methyl sites for hydroxylation is 2. The summed E-state index contributed by atoms with van der Waals surface area (Å²) in [4.78, 5) is 14.0. The van der Waals surface area contributed by atoms with Gasteiger partial charge in [-0.05, 0) is 19.4 Å². The van der Waals surface area contributed by atoms with Crippen LogP contribution < -0.4 is 5.56 Å². The molecule has 0 aliphatic heterocycles. The van der Waals surface area contributed by atoms with E-state index < -0.39 is 0 Å². The molecule has 0 amide bonds. The summed E-state index contributed by atoms with van der Waals surface area (Å²) in [7, 11) is 0. The fourth-order valence-electron chi connectivity index (χ4n) is 1.28. The van der Waals surface area contributed by atoms with Gasteiger partial charge in [0, 0.05) is 5.75 Å². The molecule has 88 valence electrons. The number of aromatic nitrogens is 3. The highest BCUT2D eigenvalue weighted by atomic mass is 32.2. The van der Waals surface area contributed by atoms with Crippen molar-refractivity contribution in [2.75, 3.05) is 0 Å². The monoisotopic (exact) mass is 247 g/mol. The van der Waals surface area contributed by atoms with Crippen LogP contribution in [0.5, 0.6) is 0 Å². The zero-order chi connectivity index (χ0) is 12.3. The van der Waals surface area contributed by atoms with E-state index in [1.54, 1.807) is 6.92 Å². The van der Waals surface area contributed by atoms with Gasteiger partial charge in [0.1, 0.15) is 5.69 Å². The maximum atomic E-state index is 11.3. The van der Waals surface area contributed by atoms with Crippen molar-refractivity contribution in [1.29, 1.82) is 0 Å². The molecule has 4 nitrogen and oxygen atoms in total. The van der Waals surface area contributed by atoms with Crippen molar-refractivity contribution >= 4 is 11.8 Å². The molecule has 0 unspecified atom stereocenters. The van der Waals surface area contributed by atoms with E-state index >= 15 is 0 Å². The Balaban J connectivity index is 2.04. The lowest BCUT2D eigenvalue weighted by molar-refractivity contribution is 0.790. The van der Waals surface area contributed by atoms with Crippen LogP contribution >= 0.6 is 11.8 Å². The van der Waals surface area contributed by atoms with Crippen LogP contribution in [-0.4, -0.2) is 15.2 Å². The first kappa shape index (κ1) is 11.9. The van der Waals surface area contributed by atoms with E-state index in [0.717, 1.165) is 5.75 Å². The molecule has 5 heteroatoms. The van der Waals surface area contributed by atoms with Crippen molar-refractivity contribution in [3.63, 3.8) is 0 Å². The molecule has 0 bridgehead atoms. The first-order valence-electron chi connectivity index (χ1n) is 5.27. The molecule has 0 aliphatic rings. The van der Waals surface area contributed by atoms with Crippen LogP contribution in [0, 0.1) is 13.8 Å². The zero-order valence-electron chi connectivity index (χ0n) is 9.73. The Bertz CT molecular complexity index is 563. The Labute approximate surface area is 103 Å². The normalized spacial score (nSPS) is 10.5. The Kier molecular flexibility index (Phi) is 3.58. The summed E-state index contributed by atoms with van der Waals surface area (Å²) in [5, 5.41) is 8.28. The molecule has 1 heterocycles. The lowest BCUT2D eigenvalue weighted by atomic mass is 10.2. The largest absolute Gasteiger partial charge is 0.298 e. The highest BCUT2D eigenvalue weighted by molar-refractivity contribution is 7.98. The van der Waals surface area contributed by atoms with Gasteiger partial charge < -0.3 is 0 Å². The number of aromatic amines is 1. The average Bonchev–Trinajstić information content (AvgIpc) is 2.33. The van der Waals surface area contributed by atoms with Gasteiger partial charge >= 0.3 is 0 Å². The first-order chi connectivity index (χ1) is 8.15. The standard InChI is InChI=1S/C12H13N3OS/c1-8-3-5-10(6-4-8)7-17-12-13-11(16)9(2)14-15-12/h3-6H,7H2,1-2H3,(H,13,15,16). The number of nitrogens with one attached hydrogen (secondary N) is 1. The number of nitrogens with zero attached hydrogens (tertiary/aromatic N) is 2. The summed E-state index contributed by atoms with van der Waals surface area (Å²) in [5.74, 6) is 0.772. The van der Waals surface area contributed by atoms with Gasteiger partial charge in [0.15, 0.2) is 5.16 Å². The summed E-state index contributed by atoms with van der Waals surface area (Å²) in [6.07, 6.45) is 0. The van der Waals surface area contributed by atoms with E-state index in [-0.39, 0.29) is 5.56 Å². The van der Waals surface area contributed by atoms with Crippen molar-refractivity contribution < 1.29 is 0 Å². The smallest absolute Gasteiger partial charge is 0.273 e. The van der Waals surface area contributed by atoms with Gasteiger partial charge in [-0.2, -0.15) is 0 Å². The molecule has 0 saturated heterocycles. The van der Waals surface area contributed by atoms with Crippen LogP contribution in [-0.2, 0) is 5.75 Å². The van der Waals surface area contributed by atoms with Gasteiger partial charge in [-0.3, -0.25) is 9.78 Å². The maximum absolute atomic E-state index is 11.3. The van der Waals surface area contributed by atoms with E-state index in [4.69, 9.17) is 0 Å². The van der Waals surface area contributed by atoms with E-state index in [0.29, 0.717) is 10.9 Å². The highest BCUT2D eigenvalue weighted by Gasteiger charge is 2.01. The van der Waals surface area contributed by atoms with Crippen LogP contribution in [0.4, 0.5) is 0 Å². The van der Waals surface area contributed by atoms with Crippen molar-refractivity contribution in [3.8, 4) is 0 Å². The van der Waals surface area contributed by atoms with Gasteiger partial charge in [-0.15, -0.1) is 10.2 Å². The van der Waals surface area contributed by atoms with E-state index in [2.05, 4.69) is 46.4 Å². The van der Waals surface area contributed by atoms with Crippen molar-refractivity contribution in [1.82, 2.24) is 15.2 Å². The van der Waals surface area contributed by atoms with E-state index in [1.807, 2.05) is 0 Å². The molecule has 2 aromatic rings. The molecule has 0 spiro atoms. The minimum atomic E-state index is -0.175. The minimum absolute atomic E-state index is 0.175. The molecule has 0 saturated carbocycles. The van der Waals surface area contributed by atoms with Crippen molar-refractivity contribution in [2.45, 2.75) is 24.8 Å². The minimum Gasteiger partial charge on any atom is -0.298 e. The van der Waals surface area contributed by atoms with Crippen molar-refractivity contribution in [3.05, 3.63) is 51.4 Å². The summed E-state index contributed by atoms with van der Waals surface area (Å²) < 4.78 is 0. The topological polar surface area (TPSA) is 58.6 Å². The highest BCUT2D eigenvalue weighted by Crippen LogP contribution is 2.17. The molecular weight excluding hydrogens is 234 g/mol. The molecule has 0 aliphatic carbocycles. The molecular formula is C12H13N3OS.